The Morgan fingerprint density at radius 1 is 1.07 bits per heavy atom. The molecule has 6 nitrogen and oxygen atoms in total. The van der Waals surface area contributed by atoms with E-state index in [9.17, 15) is 5.11 Å². The Hall–Kier alpha value is -2.51. The fraction of sp³-hybridized carbons (Fsp3) is 0.286. The number of pyridine rings is 1. The number of hydrogen-bond donors (Lipinski definition) is 3. The van der Waals surface area contributed by atoms with Crippen molar-refractivity contribution in [3.63, 3.8) is 0 Å². The highest BCUT2D eigenvalue weighted by Gasteiger charge is 2.15. The number of aryl methyl sites for hydroxylation is 1. The van der Waals surface area contributed by atoms with E-state index in [4.69, 9.17) is 0 Å². The standard InChI is InChI=1S/C21H24BrN5O/c1-13(2)19(12-28)26-21-25-18(15-6-8-23-9-7-15)11-20(27-21)24-17-5-4-14(3)10-16(17)22/h4-11,13,19,28H,12H2,1-3H3,(H2,24,25,26,27)/t19-/m0/s1. The summed E-state index contributed by atoms with van der Waals surface area (Å²) < 4.78 is 0.960. The van der Waals surface area contributed by atoms with Crippen molar-refractivity contribution in [2.45, 2.75) is 26.8 Å². The van der Waals surface area contributed by atoms with Gasteiger partial charge in [-0.1, -0.05) is 19.9 Å². The Balaban J connectivity index is 1.99. The normalized spacial score (nSPS) is 12.1. The summed E-state index contributed by atoms with van der Waals surface area (Å²) >= 11 is 3.59. The Morgan fingerprint density at radius 3 is 2.46 bits per heavy atom. The van der Waals surface area contributed by atoms with Gasteiger partial charge in [0, 0.05) is 28.5 Å². The van der Waals surface area contributed by atoms with Gasteiger partial charge in [-0.25, -0.2) is 4.98 Å². The van der Waals surface area contributed by atoms with Crippen LogP contribution in [0.2, 0.25) is 0 Å². The lowest BCUT2D eigenvalue weighted by Gasteiger charge is -2.21. The molecule has 0 radical (unpaired) electrons. The van der Waals surface area contributed by atoms with Crippen LogP contribution in [0.15, 0.2) is 53.3 Å². The summed E-state index contributed by atoms with van der Waals surface area (Å²) in [5.41, 5.74) is 3.80. The maximum absolute atomic E-state index is 9.66. The molecule has 3 aromatic rings. The van der Waals surface area contributed by atoms with Crippen LogP contribution in [-0.2, 0) is 0 Å². The predicted molar refractivity (Wildman–Crippen MR) is 117 cm³/mol. The molecule has 3 rings (SSSR count). The molecule has 0 amide bonds. The van der Waals surface area contributed by atoms with Crippen LogP contribution in [0.25, 0.3) is 11.3 Å². The topological polar surface area (TPSA) is 83.0 Å². The fourth-order valence-electron chi connectivity index (χ4n) is 2.69. The molecule has 0 spiro atoms. The number of halogens is 1. The Morgan fingerprint density at radius 2 is 1.82 bits per heavy atom. The number of nitrogens with one attached hydrogen (secondary N) is 2. The molecule has 0 aliphatic carbocycles. The first-order valence-corrected chi connectivity index (χ1v) is 9.95. The van der Waals surface area contributed by atoms with Crippen molar-refractivity contribution < 1.29 is 5.11 Å². The smallest absolute Gasteiger partial charge is 0.225 e. The molecule has 0 bridgehead atoms. The number of rotatable bonds is 7. The number of anilines is 3. The monoisotopic (exact) mass is 441 g/mol. The van der Waals surface area contributed by atoms with Crippen LogP contribution >= 0.6 is 15.9 Å². The van der Waals surface area contributed by atoms with Crippen LogP contribution in [0.1, 0.15) is 19.4 Å². The second-order valence-corrected chi connectivity index (χ2v) is 7.84. The SMILES string of the molecule is Cc1ccc(Nc2cc(-c3ccncc3)nc(N[C@@H](CO)C(C)C)n2)c(Br)c1. The molecule has 0 aliphatic heterocycles. The van der Waals surface area contributed by atoms with Crippen molar-refractivity contribution >= 4 is 33.4 Å². The highest BCUT2D eigenvalue weighted by molar-refractivity contribution is 9.10. The fourth-order valence-corrected chi connectivity index (χ4v) is 3.29. The number of benzene rings is 1. The summed E-state index contributed by atoms with van der Waals surface area (Å²) in [5.74, 6) is 1.36. The van der Waals surface area contributed by atoms with E-state index >= 15 is 0 Å². The number of aromatic nitrogens is 3. The van der Waals surface area contributed by atoms with E-state index in [2.05, 4.69) is 41.5 Å². The van der Waals surface area contributed by atoms with Crippen molar-refractivity contribution in [3.8, 4) is 11.3 Å². The van der Waals surface area contributed by atoms with E-state index in [0.717, 1.165) is 21.4 Å². The van der Waals surface area contributed by atoms with E-state index in [1.165, 1.54) is 5.56 Å². The van der Waals surface area contributed by atoms with Crippen LogP contribution in [0.5, 0.6) is 0 Å². The third-order valence-electron chi connectivity index (χ3n) is 4.41. The molecular formula is C21H24BrN5O. The summed E-state index contributed by atoms with van der Waals surface area (Å²) in [6.07, 6.45) is 3.47. The third kappa shape index (κ3) is 5.05. The molecule has 0 saturated heterocycles. The van der Waals surface area contributed by atoms with Crippen LogP contribution in [-0.4, -0.2) is 32.7 Å². The lowest BCUT2D eigenvalue weighted by molar-refractivity contribution is 0.248. The molecule has 1 atom stereocenters. The average molecular weight is 442 g/mol. The molecule has 146 valence electrons. The van der Waals surface area contributed by atoms with Gasteiger partial charge < -0.3 is 15.7 Å². The summed E-state index contributed by atoms with van der Waals surface area (Å²) in [6.45, 7) is 6.14. The highest BCUT2D eigenvalue weighted by atomic mass is 79.9. The number of nitrogens with zero attached hydrogens (tertiary/aromatic N) is 3. The summed E-state index contributed by atoms with van der Waals surface area (Å²) in [4.78, 5) is 13.3. The van der Waals surface area contributed by atoms with E-state index in [1.54, 1.807) is 12.4 Å². The van der Waals surface area contributed by atoms with Crippen molar-refractivity contribution in [1.82, 2.24) is 15.0 Å². The zero-order chi connectivity index (χ0) is 20.1. The van der Waals surface area contributed by atoms with E-state index in [1.807, 2.05) is 57.2 Å². The first-order chi connectivity index (χ1) is 13.5. The maximum Gasteiger partial charge on any atom is 0.225 e. The van der Waals surface area contributed by atoms with Gasteiger partial charge in [-0.15, -0.1) is 0 Å². The van der Waals surface area contributed by atoms with Crippen LogP contribution in [0.3, 0.4) is 0 Å². The van der Waals surface area contributed by atoms with Gasteiger partial charge in [-0.05, 0) is 58.6 Å². The Bertz CT molecular complexity index is 933. The van der Waals surface area contributed by atoms with E-state index in [-0.39, 0.29) is 18.6 Å². The zero-order valence-corrected chi connectivity index (χ0v) is 17.7. The number of aliphatic hydroxyl groups is 1. The third-order valence-corrected chi connectivity index (χ3v) is 5.06. The van der Waals surface area contributed by atoms with E-state index < -0.39 is 0 Å². The lowest BCUT2D eigenvalue weighted by atomic mass is 10.1. The van der Waals surface area contributed by atoms with Gasteiger partial charge >= 0.3 is 0 Å². The Kier molecular flexibility index (Phi) is 6.59. The molecule has 7 heteroatoms. The second-order valence-electron chi connectivity index (χ2n) is 6.98. The van der Waals surface area contributed by atoms with Crippen LogP contribution in [0.4, 0.5) is 17.5 Å². The molecular weight excluding hydrogens is 418 g/mol. The van der Waals surface area contributed by atoms with Gasteiger partial charge in [0.05, 0.1) is 24.0 Å². The van der Waals surface area contributed by atoms with Gasteiger partial charge in [0.1, 0.15) is 5.82 Å². The first kappa shape index (κ1) is 20.2. The molecule has 0 unspecified atom stereocenters. The van der Waals surface area contributed by atoms with Gasteiger partial charge in [0.25, 0.3) is 0 Å². The van der Waals surface area contributed by atoms with E-state index in [0.29, 0.717) is 11.8 Å². The van der Waals surface area contributed by atoms with Gasteiger partial charge in [-0.2, -0.15) is 4.98 Å². The minimum absolute atomic E-state index is 0.00673. The zero-order valence-electron chi connectivity index (χ0n) is 16.1. The summed E-state index contributed by atoms with van der Waals surface area (Å²) in [5, 5.41) is 16.3. The largest absolute Gasteiger partial charge is 0.394 e. The van der Waals surface area contributed by atoms with Gasteiger partial charge in [-0.3, -0.25) is 4.98 Å². The summed E-state index contributed by atoms with van der Waals surface area (Å²) in [6, 6.07) is 11.7. The molecule has 1 aromatic carbocycles. The molecule has 3 N–H and O–H groups in total. The van der Waals surface area contributed by atoms with Crippen molar-refractivity contribution in [2.24, 2.45) is 5.92 Å². The molecule has 0 saturated carbocycles. The lowest BCUT2D eigenvalue weighted by Crippen LogP contribution is -2.30. The van der Waals surface area contributed by atoms with Crippen molar-refractivity contribution in [1.29, 1.82) is 0 Å². The minimum Gasteiger partial charge on any atom is -0.394 e. The van der Waals surface area contributed by atoms with Gasteiger partial charge in [0.2, 0.25) is 5.95 Å². The second kappa shape index (κ2) is 9.12. The average Bonchev–Trinajstić information content (AvgIpc) is 2.68. The van der Waals surface area contributed by atoms with Crippen molar-refractivity contribution in [3.05, 3.63) is 58.8 Å². The Labute approximate surface area is 173 Å². The molecule has 0 fully saturated rings. The predicted octanol–water partition coefficient (Wildman–Crippen LogP) is 4.78. The number of hydrogen-bond acceptors (Lipinski definition) is 6. The van der Waals surface area contributed by atoms with Crippen LogP contribution < -0.4 is 10.6 Å². The molecule has 28 heavy (non-hydrogen) atoms. The molecule has 0 aliphatic rings. The highest BCUT2D eigenvalue weighted by Crippen LogP contribution is 2.28. The van der Waals surface area contributed by atoms with Gasteiger partial charge in [0.15, 0.2) is 0 Å². The molecule has 2 aromatic heterocycles. The minimum atomic E-state index is -0.133. The maximum atomic E-state index is 9.66. The van der Waals surface area contributed by atoms with Crippen LogP contribution in [0, 0.1) is 12.8 Å². The number of aliphatic hydroxyl groups excluding tert-OH is 1. The quantitative estimate of drug-likeness (QED) is 0.489. The summed E-state index contributed by atoms with van der Waals surface area (Å²) in [7, 11) is 0. The molecule has 2 heterocycles. The first-order valence-electron chi connectivity index (χ1n) is 9.16. The van der Waals surface area contributed by atoms with Crippen molar-refractivity contribution in [2.75, 3.05) is 17.2 Å².